The minimum atomic E-state index is -0.174. The molecule has 5 saturated carbocycles. The largest absolute Gasteiger partial charge is 0.463 e. The molecule has 1 atom stereocenters. The maximum absolute atomic E-state index is 13.8. The second-order valence-electron chi connectivity index (χ2n) is 12.4. The Bertz CT molecular complexity index is 917. The number of hydrogen-bond donors (Lipinski definition) is 1. The number of esters is 1. The van der Waals surface area contributed by atoms with Crippen LogP contribution in [0.25, 0.3) is 0 Å². The highest BCUT2D eigenvalue weighted by Crippen LogP contribution is 2.53. The molecular formula is C28H41N3O3. The van der Waals surface area contributed by atoms with Crippen molar-refractivity contribution in [1.29, 1.82) is 0 Å². The third kappa shape index (κ3) is 4.09. The Morgan fingerprint density at radius 3 is 2.29 bits per heavy atom. The molecule has 0 radical (unpaired) electrons. The number of nitrogens with zero attached hydrogens (tertiary/aromatic N) is 2. The van der Waals surface area contributed by atoms with Crippen LogP contribution in [-0.2, 0) is 22.4 Å². The molecule has 6 heteroatoms. The van der Waals surface area contributed by atoms with Crippen molar-refractivity contribution >= 4 is 11.9 Å². The smallest absolute Gasteiger partial charge is 0.309 e. The summed E-state index contributed by atoms with van der Waals surface area (Å²) in [6, 6.07) is 0.700. The summed E-state index contributed by atoms with van der Waals surface area (Å²) in [5.74, 6) is 2.77. The number of amides is 1. The summed E-state index contributed by atoms with van der Waals surface area (Å²) >= 11 is 0. The van der Waals surface area contributed by atoms with Crippen molar-refractivity contribution in [3.63, 3.8) is 0 Å². The normalized spacial score (nSPS) is 34.8. The molecule has 6 aliphatic carbocycles. The van der Waals surface area contributed by atoms with Crippen molar-refractivity contribution in [2.45, 2.75) is 116 Å². The van der Waals surface area contributed by atoms with Gasteiger partial charge in [-0.2, -0.15) is 5.10 Å². The first kappa shape index (κ1) is 22.6. The lowest BCUT2D eigenvalue weighted by Crippen LogP contribution is -2.56. The molecule has 0 aliphatic heterocycles. The van der Waals surface area contributed by atoms with Crippen molar-refractivity contribution in [2.24, 2.45) is 29.6 Å². The molecule has 1 aromatic rings. The Morgan fingerprint density at radius 1 is 0.971 bits per heavy atom. The van der Waals surface area contributed by atoms with Gasteiger partial charge in [0.15, 0.2) is 5.69 Å². The standard InChI is InChI=1S/C28H41N3O3/c1-16(2)34-28(33)19-8-9-24-23(15-19)26(30-31(24)22-6-4-3-5-7-22)27(32)29-25-20-11-17-10-18(13-20)14-21(25)12-17/h16-22,25H,3-15H2,1-2H3,(H,29,32). The van der Waals surface area contributed by atoms with Crippen LogP contribution < -0.4 is 5.32 Å². The molecule has 5 fully saturated rings. The summed E-state index contributed by atoms with van der Waals surface area (Å²) in [7, 11) is 0. The Hall–Kier alpha value is -1.85. The van der Waals surface area contributed by atoms with Crippen LogP contribution in [0.3, 0.4) is 0 Å². The molecule has 4 bridgehead atoms. The lowest BCUT2D eigenvalue weighted by atomic mass is 9.54. The zero-order valence-electron chi connectivity index (χ0n) is 20.9. The number of carbonyl (C=O) groups excluding carboxylic acids is 2. The van der Waals surface area contributed by atoms with Gasteiger partial charge in [-0.05, 0) is 102 Å². The van der Waals surface area contributed by atoms with Crippen molar-refractivity contribution in [3.05, 3.63) is 17.0 Å². The van der Waals surface area contributed by atoms with E-state index in [0.29, 0.717) is 36.0 Å². The fourth-order valence-corrected chi connectivity index (χ4v) is 8.36. The second-order valence-corrected chi connectivity index (χ2v) is 12.4. The number of nitrogens with one attached hydrogen (secondary N) is 1. The summed E-state index contributed by atoms with van der Waals surface area (Å²) < 4.78 is 7.75. The zero-order valence-corrected chi connectivity index (χ0v) is 20.9. The number of ether oxygens (including phenoxy) is 1. The number of rotatable bonds is 5. The van der Waals surface area contributed by atoms with Gasteiger partial charge in [0.2, 0.25) is 0 Å². The molecule has 1 amide bonds. The highest BCUT2D eigenvalue weighted by atomic mass is 16.5. The van der Waals surface area contributed by atoms with E-state index in [9.17, 15) is 9.59 Å². The monoisotopic (exact) mass is 467 g/mol. The predicted molar refractivity (Wildman–Crippen MR) is 129 cm³/mol. The van der Waals surface area contributed by atoms with Crippen LogP contribution in [0.2, 0.25) is 0 Å². The number of hydrogen-bond acceptors (Lipinski definition) is 4. The van der Waals surface area contributed by atoms with Gasteiger partial charge < -0.3 is 10.1 Å². The highest BCUT2D eigenvalue weighted by Gasteiger charge is 2.49. The van der Waals surface area contributed by atoms with Crippen LogP contribution in [0.4, 0.5) is 0 Å². The van der Waals surface area contributed by atoms with E-state index in [-0.39, 0.29) is 23.9 Å². The van der Waals surface area contributed by atoms with E-state index in [0.717, 1.165) is 43.1 Å². The second kappa shape index (κ2) is 8.98. The molecule has 1 aromatic heterocycles. The van der Waals surface area contributed by atoms with Crippen molar-refractivity contribution < 1.29 is 14.3 Å². The maximum atomic E-state index is 13.8. The predicted octanol–water partition coefficient (Wildman–Crippen LogP) is 5.00. The molecule has 1 N–H and O–H groups in total. The fraction of sp³-hybridized carbons (Fsp3) is 0.821. The molecule has 0 aromatic carbocycles. The van der Waals surface area contributed by atoms with Crippen LogP contribution in [0.5, 0.6) is 0 Å². The summed E-state index contributed by atoms with van der Waals surface area (Å²) in [6.07, 6.45) is 14.7. The number of aromatic nitrogens is 2. The van der Waals surface area contributed by atoms with Gasteiger partial charge in [-0.25, -0.2) is 0 Å². The van der Waals surface area contributed by atoms with E-state index in [1.807, 2.05) is 13.8 Å². The lowest BCUT2D eigenvalue weighted by Gasteiger charge is -2.54. The van der Waals surface area contributed by atoms with E-state index in [1.165, 1.54) is 57.1 Å². The molecular weight excluding hydrogens is 426 g/mol. The average molecular weight is 468 g/mol. The Labute approximate surface area is 203 Å². The van der Waals surface area contributed by atoms with E-state index in [2.05, 4.69) is 10.00 Å². The number of carbonyl (C=O) groups is 2. The first-order valence-corrected chi connectivity index (χ1v) is 14.1. The molecule has 6 nitrogen and oxygen atoms in total. The summed E-state index contributed by atoms with van der Waals surface area (Å²) in [5.41, 5.74) is 2.82. The van der Waals surface area contributed by atoms with Gasteiger partial charge in [0, 0.05) is 17.3 Å². The SMILES string of the molecule is CC(C)OC(=O)C1CCc2c(c(C(=O)NC3C4CC5CC(C4)CC3C5)nn2C2CCCCC2)C1. The fourth-order valence-electron chi connectivity index (χ4n) is 8.36. The highest BCUT2D eigenvalue weighted by molar-refractivity contribution is 5.94. The molecule has 7 rings (SSSR count). The average Bonchev–Trinajstić information content (AvgIpc) is 3.20. The van der Waals surface area contributed by atoms with Gasteiger partial charge >= 0.3 is 5.97 Å². The Kier molecular flexibility index (Phi) is 5.97. The summed E-state index contributed by atoms with van der Waals surface area (Å²) in [6.45, 7) is 3.80. The minimum Gasteiger partial charge on any atom is -0.463 e. The van der Waals surface area contributed by atoms with Gasteiger partial charge in [0.25, 0.3) is 5.91 Å². The zero-order chi connectivity index (χ0) is 23.4. The molecule has 1 heterocycles. The van der Waals surface area contributed by atoms with Gasteiger partial charge in [0.05, 0.1) is 18.1 Å². The van der Waals surface area contributed by atoms with Crippen molar-refractivity contribution in [1.82, 2.24) is 15.1 Å². The third-order valence-corrected chi connectivity index (χ3v) is 9.64. The van der Waals surface area contributed by atoms with Crippen LogP contribution >= 0.6 is 0 Å². The first-order valence-electron chi connectivity index (χ1n) is 14.1. The first-order chi connectivity index (χ1) is 16.5. The maximum Gasteiger partial charge on any atom is 0.309 e. The molecule has 186 valence electrons. The molecule has 6 aliphatic rings. The van der Waals surface area contributed by atoms with E-state index < -0.39 is 0 Å². The topological polar surface area (TPSA) is 73.2 Å². The Balaban J connectivity index is 1.27. The molecule has 34 heavy (non-hydrogen) atoms. The van der Waals surface area contributed by atoms with E-state index in [1.54, 1.807) is 0 Å². The minimum absolute atomic E-state index is 0.00107. The van der Waals surface area contributed by atoms with Gasteiger partial charge in [-0.15, -0.1) is 0 Å². The van der Waals surface area contributed by atoms with Crippen LogP contribution in [0.15, 0.2) is 0 Å². The van der Waals surface area contributed by atoms with E-state index in [4.69, 9.17) is 9.84 Å². The van der Waals surface area contributed by atoms with Crippen LogP contribution in [0.1, 0.15) is 112 Å². The lowest BCUT2D eigenvalue weighted by molar-refractivity contribution is -0.152. The van der Waals surface area contributed by atoms with Crippen LogP contribution in [0, 0.1) is 29.6 Å². The van der Waals surface area contributed by atoms with Crippen molar-refractivity contribution in [3.8, 4) is 0 Å². The van der Waals surface area contributed by atoms with Gasteiger partial charge in [-0.3, -0.25) is 14.3 Å². The molecule has 0 spiro atoms. The summed E-state index contributed by atoms with van der Waals surface area (Å²) in [4.78, 5) is 26.5. The van der Waals surface area contributed by atoms with Crippen molar-refractivity contribution in [2.75, 3.05) is 0 Å². The third-order valence-electron chi connectivity index (χ3n) is 9.64. The summed E-state index contributed by atoms with van der Waals surface area (Å²) in [5, 5.41) is 8.50. The van der Waals surface area contributed by atoms with E-state index >= 15 is 0 Å². The molecule has 1 unspecified atom stereocenters. The van der Waals surface area contributed by atoms with Crippen LogP contribution in [-0.4, -0.2) is 33.8 Å². The quantitative estimate of drug-likeness (QED) is 0.619. The Morgan fingerprint density at radius 2 is 1.65 bits per heavy atom. The van der Waals surface area contributed by atoms with Gasteiger partial charge in [-0.1, -0.05) is 19.3 Å². The van der Waals surface area contributed by atoms with Gasteiger partial charge in [0.1, 0.15) is 0 Å². The number of fused-ring (bicyclic) bond motifs is 1. The molecule has 0 saturated heterocycles.